The SMILES string of the molecule is C[C@H]1c2cc(O)c(O)cc2CCN1N=O. The van der Waals surface area contributed by atoms with Crippen LogP contribution in [0.2, 0.25) is 0 Å². The van der Waals surface area contributed by atoms with Gasteiger partial charge in [-0.1, -0.05) is 0 Å². The molecule has 0 spiro atoms. The summed E-state index contributed by atoms with van der Waals surface area (Å²) in [6, 6.07) is 2.88. The fourth-order valence-corrected chi connectivity index (χ4v) is 1.94. The average Bonchev–Trinajstić information content (AvgIpc) is 2.22. The Balaban J connectivity index is 2.47. The first-order valence-electron chi connectivity index (χ1n) is 4.78. The van der Waals surface area contributed by atoms with Gasteiger partial charge in [-0.2, -0.15) is 0 Å². The van der Waals surface area contributed by atoms with Crippen LogP contribution < -0.4 is 0 Å². The molecule has 5 nitrogen and oxygen atoms in total. The summed E-state index contributed by atoms with van der Waals surface area (Å²) in [5.74, 6) is -0.276. The van der Waals surface area contributed by atoms with Crippen molar-refractivity contribution in [1.82, 2.24) is 5.01 Å². The average molecular weight is 208 g/mol. The summed E-state index contributed by atoms with van der Waals surface area (Å²) in [4.78, 5) is 10.5. The van der Waals surface area contributed by atoms with E-state index < -0.39 is 0 Å². The number of phenols is 2. The fraction of sp³-hybridized carbons (Fsp3) is 0.400. The molecular weight excluding hydrogens is 196 g/mol. The van der Waals surface area contributed by atoms with Crippen LogP contribution in [0.25, 0.3) is 0 Å². The Bertz CT molecular complexity index is 406. The number of nitrogens with zero attached hydrogens (tertiary/aromatic N) is 2. The van der Waals surface area contributed by atoms with Crippen molar-refractivity contribution >= 4 is 0 Å². The van der Waals surface area contributed by atoms with Crippen LogP contribution in [0.5, 0.6) is 11.5 Å². The summed E-state index contributed by atoms with van der Waals surface area (Å²) in [5, 5.41) is 23.1. The Labute approximate surface area is 86.9 Å². The Hall–Kier alpha value is -1.78. The van der Waals surface area contributed by atoms with Gasteiger partial charge in [0.2, 0.25) is 0 Å². The maximum Gasteiger partial charge on any atom is 0.157 e. The van der Waals surface area contributed by atoms with Crippen LogP contribution in [0.15, 0.2) is 17.4 Å². The van der Waals surface area contributed by atoms with E-state index in [0.29, 0.717) is 13.0 Å². The molecule has 80 valence electrons. The van der Waals surface area contributed by atoms with E-state index in [1.54, 1.807) is 6.07 Å². The quantitative estimate of drug-likeness (QED) is 0.544. The van der Waals surface area contributed by atoms with Gasteiger partial charge in [0, 0.05) is 6.54 Å². The lowest BCUT2D eigenvalue weighted by atomic mass is 9.94. The zero-order valence-electron chi connectivity index (χ0n) is 8.34. The molecule has 0 fully saturated rings. The number of nitroso groups, excluding NO2 is 1. The summed E-state index contributed by atoms with van der Waals surface area (Å²) in [6.07, 6.45) is 0.652. The van der Waals surface area contributed by atoms with E-state index >= 15 is 0 Å². The van der Waals surface area contributed by atoms with Gasteiger partial charge in [-0.25, -0.2) is 0 Å². The number of hydrogen-bond acceptors (Lipinski definition) is 4. The van der Waals surface area contributed by atoms with Crippen LogP contribution in [0.3, 0.4) is 0 Å². The third-order valence-corrected chi connectivity index (χ3v) is 2.85. The molecule has 0 aliphatic carbocycles. The van der Waals surface area contributed by atoms with Crippen molar-refractivity contribution in [2.45, 2.75) is 19.4 Å². The van der Waals surface area contributed by atoms with Gasteiger partial charge in [0.25, 0.3) is 0 Å². The molecule has 1 aliphatic heterocycles. The van der Waals surface area contributed by atoms with Crippen LogP contribution in [0.1, 0.15) is 24.1 Å². The Kier molecular flexibility index (Phi) is 2.22. The Morgan fingerprint density at radius 2 is 2.07 bits per heavy atom. The van der Waals surface area contributed by atoms with Crippen LogP contribution in [-0.4, -0.2) is 21.8 Å². The monoisotopic (exact) mass is 208 g/mol. The molecule has 2 N–H and O–H groups in total. The smallest absolute Gasteiger partial charge is 0.157 e. The highest BCUT2D eigenvalue weighted by atomic mass is 16.3. The van der Waals surface area contributed by atoms with Crippen molar-refractivity contribution in [2.24, 2.45) is 5.29 Å². The summed E-state index contributed by atoms with van der Waals surface area (Å²) in [6.45, 7) is 2.39. The standard InChI is InChI=1S/C10H12N2O3/c1-6-8-5-10(14)9(13)4-7(8)2-3-12(6)11-15/h4-6,13-14H,2-3H2,1H3/t6-/m0/s1. The van der Waals surface area contributed by atoms with Gasteiger partial charge in [0.1, 0.15) is 0 Å². The van der Waals surface area contributed by atoms with Crippen molar-refractivity contribution < 1.29 is 10.2 Å². The highest BCUT2D eigenvalue weighted by molar-refractivity contribution is 5.47. The number of aromatic hydroxyl groups is 2. The molecule has 0 saturated carbocycles. The number of hydrogen-bond donors (Lipinski definition) is 2. The molecule has 0 unspecified atom stereocenters. The normalized spacial score (nSPS) is 19.8. The van der Waals surface area contributed by atoms with E-state index in [-0.39, 0.29) is 17.5 Å². The lowest BCUT2D eigenvalue weighted by Crippen LogP contribution is -2.29. The van der Waals surface area contributed by atoms with Crippen molar-refractivity contribution in [1.29, 1.82) is 0 Å². The molecular formula is C10H12N2O3. The van der Waals surface area contributed by atoms with Crippen LogP contribution >= 0.6 is 0 Å². The molecule has 5 heteroatoms. The van der Waals surface area contributed by atoms with Gasteiger partial charge in [0.15, 0.2) is 11.5 Å². The van der Waals surface area contributed by atoms with E-state index in [1.165, 1.54) is 11.1 Å². The summed E-state index contributed by atoms with van der Waals surface area (Å²) in [5.41, 5.74) is 1.80. The predicted molar refractivity (Wildman–Crippen MR) is 54.4 cm³/mol. The van der Waals surface area contributed by atoms with Gasteiger partial charge in [-0.3, -0.25) is 5.01 Å². The predicted octanol–water partition coefficient (Wildman–Crippen LogP) is 1.70. The van der Waals surface area contributed by atoms with Crippen LogP contribution in [0.4, 0.5) is 0 Å². The first kappa shape index (κ1) is 9.76. The van der Waals surface area contributed by atoms with Gasteiger partial charge >= 0.3 is 0 Å². The molecule has 1 atom stereocenters. The maximum atomic E-state index is 10.5. The minimum Gasteiger partial charge on any atom is -0.504 e. The van der Waals surface area contributed by atoms with Gasteiger partial charge in [-0.15, -0.1) is 4.91 Å². The summed E-state index contributed by atoms with van der Waals surface area (Å²) in [7, 11) is 0. The highest BCUT2D eigenvalue weighted by Gasteiger charge is 2.25. The lowest BCUT2D eigenvalue weighted by Gasteiger charge is -2.30. The molecule has 0 bridgehead atoms. The maximum absolute atomic E-state index is 10.5. The number of phenolic OH excluding ortho intramolecular Hbond substituents is 2. The summed E-state index contributed by atoms with van der Waals surface area (Å²) >= 11 is 0. The molecule has 2 rings (SSSR count). The second-order valence-corrected chi connectivity index (χ2v) is 3.71. The van der Waals surface area contributed by atoms with E-state index in [4.69, 9.17) is 0 Å². The third kappa shape index (κ3) is 1.49. The Morgan fingerprint density at radius 1 is 1.40 bits per heavy atom. The molecule has 0 radical (unpaired) electrons. The van der Waals surface area contributed by atoms with Gasteiger partial charge in [-0.05, 0) is 36.6 Å². The minimum absolute atomic E-state index is 0.117. The van der Waals surface area contributed by atoms with Crippen molar-refractivity contribution in [2.75, 3.05) is 6.54 Å². The number of rotatable bonds is 1. The largest absolute Gasteiger partial charge is 0.504 e. The topological polar surface area (TPSA) is 73.1 Å². The molecule has 0 amide bonds. The molecule has 1 aliphatic rings. The van der Waals surface area contributed by atoms with E-state index in [9.17, 15) is 15.1 Å². The second-order valence-electron chi connectivity index (χ2n) is 3.71. The molecule has 1 aromatic carbocycles. The number of benzene rings is 1. The van der Waals surface area contributed by atoms with Gasteiger partial charge < -0.3 is 10.2 Å². The fourth-order valence-electron chi connectivity index (χ4n) is 1.94. The zero-order chi connectivity index (χ0) is 11.0. The molecule has 0 saturated heterocycles. The molecule has 0 aromatic heterocycles. The lowest BCUT2D eigenvalue weighted by molar-refractivity contribution is 0.204. The first-order chi connectivity index (χ1) is 7.13. The van der Waals surface area contributed by atoms with Crippen molar-refractivity contribution in [3.8, 4) is 11.5 Å². The summed E-state index contributed by atoms with van der Waals surface area (Å²) < 4.78 is 0. The van der Waals surface area contributed by atoms with Crippen LogP contribution in [-0.2, 0) is 6.42 Å². The minimum atomic E-state index is -0.159. The Morgan fingerprint density at radius 3 is 2.73 bits per heavy atom. The van der Waals surface area contributed by atoms with Crippen molar-refractivity contribution in [3.63, 3.8) is 0 Å². The molecule has 1 aromatic rings. The number of fused-ring (bicyclic) bond motifs is 1. The molecule has 15 heavy (non-hydrogen) atoms. The van der Waals surface area contributed by atoms with Crippen LogP contribution in [0, 0.1) is 4.91 Å². The highest BCUT2D eigenvalue weighted by Crippen LogP contribution is 2.36. The third-order valence-electron chi connectivity index (χ3n) is 2.85. The molecule has 1 heterocycles. The first-order valence-corrected chi connectivity index (χ1v) is 4.78. The zero-order valence-corrected chi connectivity index (χ0v) is 8.34. The van der Waals surface area contributed by atoms with E-state index in [0.717, 1.165) is 11.1 Å². The van der Waals surface area contributed by atoms with E-state index in [1.807, 2.05) is 6.92 Å². The van der Waals surface area contributed by atoms with Gasteiger partial charge in [0.05, 0.1) is 11.3 Å². The van der Waals surface area contributed by atoms with E-state index in [2.05, 4.69) is 5.29 Å². The second kappa shape index (κ2) is 3.42. The van der Waals surface area contributed by atoms with Crippen molar-refractivity contribution in [3.05, 3.63) is 28.2 Å².